The van der Waals surface area contributed by atoms with Crippen LogP contribution in [0.3, 0.4) is 0 Å². The molecule has 0 saturated heterocycles. The van der Waals surface area contributed by atoms with Crippen molar-refractivity contribution < 1.29 is 9.32 Å². The molecule has 0 unspecified atom stereocenters. The number of rotatable bonds is 5. The minimum absolute atomic E-state index is 0.127. The van der Waals surface area contributed by atoms with Gasteiger partial charge in [0, 0.05) is 11.9 Å². The molecule has 0 fully saturated rings. The van der Waals surface area contributed by atoms with Gasteiger partial charge in [-0.2, -0.15) is 4.98 Å². The first-order valence-corrected chi connectivity index (χ1v) is 9.23. The molecule has 0 aliphatic heterocycles. The summed E-state index contributed by atoms with van der Waals surface area (Å²) in [5, 5.41) is 8.84. The Morgan fingerprint density at radius 2 is 2.19 bits per heavy atom. The maximum atomic E-state index is 12.3. The number of nitrogens with zero attached hydrogens (tertiary/aromatic N) is 4. The van der Waals surface area contributed by atoms with Crippen LogP contribution in [0, 0.1) is 13.8 Å². The average Bonchev–Trinajstić information content (AvgIpc) is 3.37. The molecule has 1 aromatic carbocycles. The molecule has 8 heteroatoms. The summed E-state index contributed by atoms with van der Waals surface area (Å²) in [7, 11) is 0. The van der Waals surface area contributed by atoms with Crippen LogP contribution in [0.15, 0.2) is 52.8 Å². The first kappa shape index (κ1) is 17.2. The standard InChI is InChI=1S/C19H17N5O2S/c1-12-5-6-14(13(2)8-12)21-17(25)10-24-9-15(20-11-24)18-22-19(26-23-18)16-4-3-7-27-16/h3-9,11H,10H2,1-2H3,(H,21,25). The van der Waals surface area contributed by atoms with Gasteiger partial charge in [-0.3, -0.25) is 4.79 Å². The minimum atomic E-state index is -0.127. The Hall–Kier alpha value is -3.26. The van der Waals surface area contributed by atoms with E-state index in [1.165, 1.54) is 11.3 Å². The van der Waals surface area contributed by atoms with Gasteiger partial charge < -0.3 is 14.4 Å². The van der Waals surface area contributed by atoms with Gasteiger partial charge in [0.1, 0.15) is 12.2 Å². The number of aromatic nitrogens is 4. The molecule has 0 saturated carbocycles. The Labute approximate surface area is 159 Å². The van der Waals surface area contributed by atoms with E-state index in [1.54, 1.807) is 17.1 Å². The predicted octanol–water partition coefficient (Wildman–Crippen LogP) is 3.92. The highest BCUT2D eigenvalue weighted by Crippen LogP contribution is 2.25. The number of imidazole rings is 1. The minimum Gasteiger partial charge on any atom is -0.333 e. The number of aryl methyl sites for hydroxylation is 2. The van der Waals surface area contributed by atoms with Gasteiger partial charge >= 0.3 is 0 Å². The number of amides is 1. The maximum absolute atomic E-state index is 12.3. The van der Waals surface area contributed by atoms with E-state index >= 15 is 0 Å². The summed E-state index contributed by atoms with van der Waals surface area (Å²) in [6.45, 7) is 4.14. The highest BCUT2D eigenvalue weighted by molar-refractivity contribution is 7.13. The Morgan fingerprint density at radius 1 is 1.30 bits per heavy atom. The quantitative estimate of drug-likeness (QED) is 0.568. The van der Waals surface area contributed by atoms with Gasteiger partial charge in [0.05, 0.1) is 11.2 Å². The fourth-order valence-electron chi connectivity index (χ4n) is 2.70. The van der Waals surface area contributed by atoms with Crippen LogP contribution in [0.5, 0.6) is 0 Å². The van der Waals surface area contributed by atoms with Gasteiger partial charge in [-0.1, -0.05) is 28.9 Å². The molecule has 7 nitrogen and oxygen atoms in total. The molecule has 0 radical (unpaired) electrons. The zero-order valence-electron chi connectivity index (χ0n) is 14.8. The summed E-state index contributed by atoms with van der Waals surface area (Å²) >= 11 is 1.53. The molecule has 0 bridgehead atoms. The molecule has 136 valence electrons. The van der Waals surface area contributed by atoms with E-state index in [2.05, 4.69) is 20.4 Å². The highest BCUT2D eigenvalue weighted by Gasteiger charge is 2.14. The van der Waals surface area contributed by atoms with E-state index in [4.69, 9.17) is 4.52 Å². The van der Waals surface area contributed by atoms with E-state index in [0.29, 0.717) is 17.4 Å². The summed E-state index contributed by atoms with van der Waals surface area (Å²) in [6, 6.07) is 9.75. The van der Waals surface area contributed by atoms with Crippen molar-refractivity contribution in [1.82, 2.24) is 19.7 Å². The molecule has 1 amide bonds. The van der Waals surface area contributed by atoms with Gasteiger partial charge in [0.25, 0.3) is 5.89 Å². The Balaban J connectivity index is 1.44. The molecule has 27 heavy (non-hydrogen) atoms. The van der Waals surface area contributed by atoms with Crippen LogP contribution < -0.4 is 5.32 Å². The van der Waals surface area contributed by atoms with E-state index in [9.17, 15) is 4.79 Å². The van der Waals surface area contributed by atoms with E-state index in [1.807, 2.05) is 49.6 Å². The molecule has 4 rings (SSSR count). The summed E-state index contributed by atoms with van der Waals surface area (Å²) in [4.78, 5) is 21.9. The topological polar surface area (TPSA) is 85.8 Å². The molecule has 1 N–H and O–H groups in total. The molecular formula is C19H17N5O2S. The Morgan fingerprint density at radius 3 is 2.96 bits per heavy atom. The third kappa shape index (κ3) is 3.80. The number of thiophene rings is 1. The van der Waals surface area contributed by atoms with Crippen molar-refractivity contribution in [2.24, 2.45) is 0 Å². The first-order chi connectivity index (χ1) is 13.1. The second-order valence-electron chi connectivity index (χ2n) is 6.20. The van der Waals surface area contributed by atoms with Crippen molar-refractivity contribution in [2.45, 2.75) is 20.4 Å². The van der Waals surface area contributed by atoms with Crippen LogP contribution in [-0.4, -0.2) is 25.6 Å². The van der Waals surface area contributed by atoms with Gasteiger partial charge in [0.2, 0.25) is 11.7 Å². The van der Waals surface area contributed by atoms with Gasteiger partial charge in [-0.15, -0.1) is 11.3 Å². The van der Waals surface area contributed by atoms with Crippen molar-refractivity contribution in [3.05, 3.63) is 59.4 Å². The monoisotopic (exact) mass is 379 g/mol. The van der Waals surface area contributed by atoms with E-state index in [0.717, 1.165) is 21.7 Å². The van der Waals surface area contributed by atoms with Crippen LogP contribution >= 0.6 is 11.3 Å². The lowest BCUT2D eigenvalue weighted by atomic mass is 10.1. The lowest BCUT2D eigenvalue weighted by Crippen LogP contribution is -2.18. The number of carbonyl (C=O) groups excluding carboxylic acids is 1. The summed E-state index contributed by atoms with van der Waals surface area (Å²) < 4.78 is 6.97. The number of anilines is 1. The van der Waals surface area contributed by atoms with Crippen molar-refractivity contribution in [3.63, 3.8) is 0 Å². The van der Waals surface area contributed by atoms with E-state index < -0.39 is 0 Å². The van der Waals surface area contributed by atoms with Crippen molar-refractivity contribution in [3.8, 4) is 22.3 Å². The van der Waals surface area contributed by atoms with E-state index in [-0.39, 0.29) is 12.5 Å². The summed E-state index contributed by atoms with van der Waals surface area (Å²) in [6.07, 6.45) is 3.31. The summed E-state index contributed by atoms with van der Waals surface area (Å²) in [5.41, 5.74) is 3.56. The molecule has 4 aromatic rings. The number of nitrogens with one attached hydrogen (secondary N) is 1. The van der Waals surface area contributed by atoms with Crippen LogP contribution in [-0.2, 0) is 11.3 Å². The largest absolute Gasteiger partial charge is 0.333 e. The summed E-state index contributed by atoms with van der Waals surface area (Å²) in [5.74, 6) is 0.729. The van der Waals surface area contributed by atoms with Gasteiger partial charge in [0.15, 0.2) is 0 Å². The molecule has 0 aliphatic rings. The third-order valence-electron chi connectivity index (χ3n) is 4.00. The number of benzene rings is 1. The lowest BCUT2D eigenvalue weighted by molar-refractivity contribution is -0.116. The van der Waals surface area contributed by atoms with Crippen molar-refractivity contribution in [1.29, 1.82) is 0 Å². The zero-order valence-corrected chi connectivity index (χ0v) is 15.7. The van der Waals surface area contributed by atoms with Crippen LogP contribution in [0.4, 0.5) is 5.69 Å². The smallest absolute Gasteiger partial charge is 0.268 e. The molecule has 0 spiro atoms. The van der Waals surface area contributed by atoms with Crippen LogP contribution in [0.1, 0.15) is 11.1 Å². The van der Waals surface area contributed by atoms with Crippen LogP contribution in [0.25, 0.3) is 22.3 Å². The van der Waals surface area contributed by atoms with Crippen molar-refractivity contribution in [2.75, 3.05) is 5.32 Å². The highest BCUT2D eigenvalue weighted by atomic mass is 32.1. The number of hydrogen-bond acceptors (Lipinski definition) is 6. The predicted molar refractivity (Wildman–Crippen MR) is 103 cm³/mol. The molecule has 3 aromatic heterocycles. The number of hydrogen-bond donors (Lipinski definition) is 1. The second kappa shape index (κ2) is 7.16. The van der Waals surface area contributed by atoms with Gasteiger partial charge in [-0.05, 0) is 36.9 Å². The molecular weight excluding hydrogens is 362 g/mol. The fourth-order valence-corrected chi connectivity index (χ4v) is 3.34. The maximum Gasteiger partial charge on any atom is 0.268 e. The molecule has 3 heterocycles. The van der Waals surface area contributed by atoms with Gasteiger partial charge in [-0.25, -0.2) is 4.98 Å². The van der Waals surface area contributed by atoms with Crippen molar-refractivity contribution >= 4 is 22.9 Å². The Kier molecular flexibility index (Phi) is 4.55. The zero-order chi connectivity index (χ0) is 18.8. The normalized spacial score (nSPS) is 10.9. The Bertz CT molecular complexity index is 1080. The number of carbonyl (C=O) groups is 1. The second-order valence-corrected chi connectivity index (χ2v) is 7.15. The third-order valence-corrected chi connectivity index (χ3v) is 4.86. The molecule has 0 aliphatic carbocycles. The molecule has 0 atom stereocenters. The average molecular weight is 379 g/mol. The fraction of sp³-hybridized carbons (Fsp3) is 0.158. The lowest BCUT2D eigenvalue weighted by Gasteiger charge is -2.09. The SMILES string of the molecule is Cc1ccc(NC(=O)Cn2cnc(-c3noc(-c4cccs4)n3)c2)c(C)c1. The van der Waals surface area contributed by atoms with Crippen LogP contribution in [0.2, 0.25) is 0 Å². The first-order valence-electron chi connectivity index (χ1n) is 8.35.